The number of fused-ring (bicyclic) bond motifs is 12. The molecule has 0 saturated carbocycles. The van der Waals surface area contributed by atoms with Gasteiger partial charge >= 0.3 is 0 Å². The standard InChI is InChI=1S/C60H44N4OSi.Pt/c1-60(2,3)39-32-33-61-56(34-39)64-51-25-14-13-22-47(51)48-28-26-40(35-52(48)64)65-41-27-30-54-53(36-41)62-37-63-57-42(38-16-7-6-8-17-38)23-15-24-49(57)45-20-11-9-18-43(45)44-19-10-12-21-46(44)50-29-31-55(66(54,4)5)59(62)58(50)63;/h6-34H,1-5H3;/q-2;. The first-order valence-corrected chi connectivity index (χ1v) is 25.7. The van der Waals surface area contributed by atoms with Gasteiger partial charge in [-0.05, 0) is 84.8 Å². The smallest absolute Gasteiger partial charge is 0.268 e. The van der Waals surface area contributed by atoms with Crippen molar-refractivity contribution in [1.82, 2.24) is 14.1 Å². The summed E-state index contributed by atoms with van der Waals surface area (Å²) in [7, 11) is -2.32. The van der Waals surface area contributed by atoms with Crippen molar-refractivity contribution in [2.75, 3.05) is 0 Å². The second kappa shape index (κ2) is 15.2. The zero-order valence-corrected chi connectivity index (χ0v) is 41.0. The van der Waals surface area contributed by atoms with Gasteiger partial charge in [0.2, 0.25) is 0 Å². The Morgan fingerprint density at radius 3 is 1.97 bits per heavy atom. The van der Waals surface area contributed by atoms with Gasteiger partial charge < -0.3 is 13.9 Å². The minimum Gasteiger partial charge on any atom is -0.510 e. The molecule has 5 heterocycles. The minimum atomic E-state index is -2.32. The van der Waals surface area contributed by atoms with Gasteiger partial charge in [-0.2, -0.15) is 12.1 Å². The van der Waals surface area contributed by atoms with E-state index in [9.17, 15) is 0 Å². The van der Waals surface area contributed by atoms with E-state index in [0.717, 1.165) is 61.2 Å². The number of benzene rings is 8. The van der Waals surface area contributed by atoms with Crippen LogP contribution in [0.15, 0.2) is 176 Å². The number of nitrogens with zero attached hydrogens (tertiary/aromatic N) is 4. The molecular formula is C60H44N4OPtSi-2. The fourth-order valence-electron chi connectivity index (χ4n) is 10.7. The van der Waals surface area contributed by atoms with Crippen LogP contribution in [0.1, 0.15) is 26.3 Å². The van der Waals surface area contributed by atoms with Crippen LogP contribution in [0.25, 0.3) is 94.5 Å². The van der Waals surface area contributed by atoms with Crippen LogP contribution >= 0.6 is 0 Å². The Balaban J connectivity index is 0.00000468. The van der Waals surface area contributed by atoms with E-state index in [1.54, 1.807) is 0 Å². The molecular weight excluding hydrogens is 1020 g/mol. The second-order valence-electron chi connectivity index (χ2n) is 19.2. The van der Waals surface area contributed by atoms with Gasteiger partial charge in [0.05, 0.1) is 16.7 Å². The monoisotopic (exact) mass is 1060 g/mol. The van der Waals surface area contributed by atoms with Crippen molar-refractivity contribution in [3.8, 4) is 73.2 Å². The number of aromatic nitrogens is 4. The zero-order valence-electron chi connectivity index (χ0n) is 37.8. The average molecular weight is 1060 g/mol. The maximum atomic E-state index is 6.85. The quantitative estimate of drug-likeness (QED) is 0.100. The summed E-state index contributed by atoms with van der Waals surface area (Å²) in [5.74, 6) is 2.09. The fourth-order valence-corrected chi connectivity index (χ4v) is 13.6. The molecule has 3 aromatic heterocycles. The number of hydrogen-bond acceptors (Lipinski definition) is 2. The van der Waals surface area contributed by atoms with Crippen LogP contribution in [0.5, 0.6) is 11.5 Å². The predicted octanol–water partition coefficient (Wildman–Crippen LogP) is 13.0. The molecule has 0 saturated heterocycles. The van der Waals surface area contributed by atoms with E-state index in [4.69, 9.17) is 9.72 Å². The van der Waals surface area contributed by atoms with Gasteiger partial charge in [-0.1, -0.05) is 172 Å². The topological polar surface area (TPSA) is 35.9 Å². The summed E-state index contributed by atoms with van der Waals surface area (Å²) in [6, 6.07) is 68.8. The summed E-state index contributed by atoms with van der Waals surface area (Å²) in [6.07, 6.45) is 5.92. The summed E-state index contributed by atoms with van der Waals surface area (Å²) in [5.41, 5.74) is 17.0. The number of hydrogen-bond donors (Lipinski definition) is 0. The maximum absolute atomic E-state index is 6.85. The summed E-state index contributed by atoms with van der Waals surface area (Å²) in [6.45, 7) is 11.6. The minimum absolute atomic E-state index is 0. The third-order valence-electron chi connectivity index (χ3n) is 14.0. The van der Waals surface area contributed by atoms with Crippen molar-refractivity contribution in [2.45, 2.75) is 39.3 Å². The normalized spacial score (nSPS) is 13.1. The van der Waals surface area contributed by atoms with E-state index in [-0.39, 0.29) is 26.5 Å². The van der Waals surface area contributed by atoms with E-state index in [2.05, 4.69) is 230 Å². The first kappa shape index (κ1) is 41.3. The fraction of sp³-hybridized carbons (Fsp3) is 0.100. The molecule has 67 heavy (non-hydrogen) atoms. The van der Waals surface area contributed by atoms with Crippen LogP contribution in [0.2, 0.25) is 13.1 Å². The molecule has 11 aromatic rings. The van der Waals surface area contributed by atoms with Gasteiger partial charge in [0.1, 0.15) is 5.82 Å². The molecule has 0 atom stereocenters. The largest absolute Gasteiger partial charge is 0.510 e. The van der Waals surface area contributed by atoms with Crippen molar-refractivity contribution in [2.24, 2.45) is 0 Å². The van der Waals surface area contributed by atoms with Gasteiger partial charge in [-0.15, -0.1) is 34.8 Å². The van der Waals surface area contributed by atoms with E-state index in [0.29, 0.717) is 11.5 Å². The molecule has 0 N–H and O–H groups in total. The first-order chi connectivity index (χ1) is 32.1. The molecule has 0 radical (unpaired) electrons. The Morgan fingerprint density at radius 1 is 0.582 bits per heavy atom. The van der Waals surface area contributed by atoms with E-state index in [1.807, 2.05) is 12.3 Å². The third kappa shape index (κ3) is 6.23. The molecule has 0 fully saturated rings. The summed E-state index contributed by atoms with van der Waals surface area (Å²) < 4.78 is 13.7. The number of pyridine rings is 1. The van der Waals surface area contributed by atoms with Gasteiger partial charge in [-0.25, -0.2) is 4.98 Å². The SMILES string of the molecule is CC(C)(C)c1ccnc(-n2c3[c-]c(Oc4[c-]c5c(cc4)[Si](C)(C)c4ccc6c7c4n-5[c-][n+]7-c4c(-c5ccccc5)cccc4-c4ccccc4-c4ccccc4-6)ccc3c3ccccc32)c1.[Pt]. The van der Waals surface area contributed by atoms with E-state index < -0.39 is 8.07 Å². The number of ether oxygens (including phenoxy) is 1. The molecule has 7 heteroatoms. The Kier molecular flexibility index (Phi) is 9.38. The molecule has 326 valence electrons. The van der Waals surface area contributed by atoms with Crippen LogP contribution < -0.4 is 19.7 Å². The Morgan fingerprint density at radius 2 is 1.21 bits per heavy atom. The molecule has 13 rings (SSSR count). The first-order valence-electron chi connectivity index (χ1n) is 22.7. The summed E-state index contributed by atoms with van der Waals surface area (Å²) in [5, 5.41) is 4.90. The summed E-state index contributed by atoms with van der Waals surface area (Å²) in [4.78, 5) is 4.90. The Labute approximate surface area is 405 Å². The van der Waals surface area contributed by atoms with Crippen molar-refractivity contribution in [3.63, 3.8) is 0 Å². The van der Waals surface area contributed by atoms with Crippen LogP contribution in [-0.2, 0) is 26.5 Å². The average Bonchev–Trinajstić information content (AvgIpc) is 3.90. The van der Waals surface area contributed by atoms with Crippen molar-refractivity contribution in [3.05, 3.63) is 200 Å². The predicted molar refractivity (Wildman–Crippen MR) is 271 cm³/mol. The van der Waals surface area contributed by atoms with Crippen molar-refractivity contribution >= 4 is 51.3 Å². The Bertz CT molecular complexity index is 3820. The van der Waals surface area contributed by atoms with Gasteiger partial charge in [0.15, 0.2) is 0 Å². The van der Waals surface area contributed by atoms with Gasteiger partial charge in [0, 0.05) is 52.4 Å². The van der Waals surface area contributed by atoms with Crippen LogP contribution in [0.4, 0.5) is 0 Å². The van der Waals surface area contributed by atoms with Gasteiger partial charge in [-0.3, -0.25) is 4.57 Å². The number of rotatable bonds is 4. The van der Waals surface area contributed by atoms with E-state index >= 15 is 0 Å². The Hall–Kier alpha value is -7.11. The van der Waals surface area contributed by atoms with Crippen LogP contribution in [0, 0.1) is 18.5 Å². The molecule has 8 aromatic carbocycles. The molecule has 2 aliphatic rings. The zero-order chi connectivity index (χ0) is 44.5. The third-order valence-corrected chi connectivity index (χ3v) is 17.5. The van der Waals surface area contributed by atoms with Crippen molar-refractivity contribution in [1.29, 1.82) is 0 Å². The molecule has 2 aliphatic heterocycles. The second-order valence-corrected chi connectivity index (χ2v) is 23.5. The number of para-hydroxylation sites is 2. The molecule has 0 bridgehead atoms. The van der Waals surface area contributed by atoms with Crippen LogP contribution in [0.3, 0.4) is 0 Å². The molecule has 5 nitrogen and oxygen atoms in total. The number of imidazole rings is 1. The molecule has 0 amide bonds. The molecule has 0 spiro atoms. The van der Waals surface area contributed by atoms with E-state index in [1.165, 1.54) is 49.3 Å². The molecule has 0 unspecified atom stereocenters. The maximum Gasteiger partial charge on any atom is 0.268 e. The van der Waals surface area contributed by atoms with Crippen LogP contribution in [-0.4, -0.2) is 22.2 Å². The van der Waals surface area contributed by atoms with Crippen molar-refractivity contribution < 1.29 is 30.4 Å². The summed E-state index contributed by atoms with van der Waals surface area (Å²) >= 11 is 0. The molecule has 0 aliphatic carbocycles. The van der Waals surface area contributed by atoms with Gasteiger partial charge in [0.25, 0.3) is 6.33 Å².